The monoisotopic (exact) mass is 557 g/mol. The van der Waals surface area contributed by atoms with Gasteiger partial charge in [0, 0.05) is 21.6 Å². The second-order valence-electron chi connectivity index (χ2n) is 9.31. The minimum atomic E-state index is -4.42. The van der Waals surface area contributed by atoms with Gasteiger partial charge in [0.1, 0.15) is 12.1 Å². The Kier molecular flexibility index (Phi) is 6.90. The molecule has 4 rings (SSSR count). The average molecular weight is 558 g/mol. The summed E-state index contributed by atoms with van der Waals surface area (Å²) >= 11 is 12.2. The molecule has 0 aliphatic heterocycles. The second-order valence-corrected chi connectivity index (χ2v) is 12.0. The van der Waals surface area contributed by atoms with Gasteiger partial charge in [0.2, 0.25) is 0 Å². The molecule has 9 nitrogen and oxygen atoms in total. The molecule has 0 aliphatic carbocycles. The summed E-state index contributed by atoms with van der Waals surface area (Å²) in [7, 11) is -4.42. The molecular formula is C25H21Cl2N5O4S. The lowest BCUT2D eigenvalue weighted by Crippen LogP contribution is -2.52. The van der Waals surface area contributed by atoms with Crippen molar-refractivity contribution in [1.29, 1.82) is 5.26 Å². The van der Waals surface area contributed by atoms with E-state index < -0.39 is 27.4 Å². The highest BCUT2D eigenvalue weighted by Gasteiger charge is 2.43. The maximum Gasteiger partial charge on any atom is 0.328 e. The zero-order valence-electron chi connectivity index (χ0n) is 19.9. The van der Waals surface area contributed by atoms with Gasteiger partial charge in [0.15, 0.2) is 11.5 Å². The number of fused-ring (bicyclic) bond motifs is 1. The number of hydrogen-bond acceptors (Lipinski definition) is 6. The first-order chi connectivity index (χ1) is 17.3. The van der Waals surface area contributed by atoms with E-state index in [-0.39, 0.29) is 26.3 Å². The van der Waals surface area contributed by atoms with Crippen molar-refractivity contribution in [1.82, 2.24) is 14.5 Å². The van der Waals surface area contributed by atoms with Gasteiger partial charge in [-0.3, -0.25) is 8.87 Å². The van der Waals surface area contributed by atoms with Crippen LogP contribution in [0.5, 0.6) is 0 Å². The number of nitriles is 1. The number of carbonyl (C=O) groups is 1. The Morgan fingerprint density at radius 1 is 1.08 bits per heavy atom. The highest BCUT2D eigenvalue weighted by Crippen LogP contribution is 2.37. The SMILES string of the molecule is CC(C)(C)C(C(=O)O)N(c1ccc2c(ccn2-c2cnc(C#N)cn2)c1)S(=O)(=O)c1cc(Cl)cc(Cl)c1. The van der Waals surface area contributed by atoms with E-state index in [1.54, 1.807) is 49.7 Å². The first-order valence-electron chi connectivity index (χ1n) is 10.9. The van der Waals surface area contributed by atoms with Crippen molar-refractivity contribution in [2.24, 2.45) is 5.41 Å². The zero-order valence-corrected chi connectivity index (χ0v) is 22.3. The summed E-state index contributed by atoms with van der Waals surface area (Å²) < 4.78 is 30.5. The molecule has 190 valence electrons. The van der Waals surface area contributed by atoms with E-state index in [1.165, 1.54) is 36.7 Å². The maximum atomic E-state index is 13.9. The lowest BCUT2D eigenvalue weighted by molar-refractivity contribution is -0.140. The molecule has 1 N–H and O–H groups in total. The standard InChI is InChI=1S/C25H21Cl2N5O4S/c1-25(2,3)23(24(33)34)32(37(35,36)20-10-16(26)9-17(27)11-20)19-4-5-21-15(8-19)6-7-31(21)22-14-29-18(12-28)13-30-22/h4-11,13-14,23H,1-3H3,(H,33,34). The average Bonchev–Trinajstić information content (AvgIpc) is 3.24. The van der Waals surface area contributed by atoms with Crippen molar-refractivity contribution in [3.05, 3.63) is 76.8 Å². The van der Waals surface area contributed by atoms with Crippen molar-refractivity contribution in [2.45, 2.75) is 31.7 Å². The molecule has 0 bridgehead atoms. The number of benzene rings is 2. The number of anilines is 1. The number of hydrogen-bond donors (Lipinski definition) is 1. The number of nitrogens with zero attached hydrogens (tertiary/aromatic N) is 5. The minimum absolute atomic E-state index is 0.102. The summed E-state index contributed by atoms with van der Waals surface area (Å²) in [5.74, 6) is -0.854. The van der Waals surface area contributed by atoms with Gasteiger partial charge in [-0.25, -0.2) is 23.2 Å². The number of sulfonamides is 1. The molecular weight excluding hydrogens is 537 g/mol. The molecule has 2 aromatic heterocycles. The van der Waals surface area contributed by atoms with Crippen molar-refractivity contribution in [2.75, 3.05) is 4.31 Å². The summed E-state index contributed by atoms with van der Waals surface area (Å²) in [6.45, 7) is 4.95. The third-order valence-corrected chi connectivity index (χ3v) is 7.82. The number of aromatic nitrogens is 3. The molecule has 0 amide bonds. The summed E-state index contributed by atoms with van der Waals surface area (Å²) in [5, 5.41) is 20.0. The highest BCUT2D eigenvalue weighted by molar-refractivity contribution is 7.93. The fourth-order valence-electron chi connectivity index (χ4n) is 4.01. The summed E-state index contributed by atoms with van der Waals surface area (Å²) in [6, 6.07) is 10.8. The number of halogens is 2. The smallest absolute Gasteiger partial charge is 0.328 e. The normalized spacial score (nSPS) is 12.8. The van der Waals surface area contributed by atoms with Crippen LogP contribution < -0.4 is 4.31 Å². The molecule has 0 saturated heterocycles. The van der Waals surface area contributed by atoms with Crippen LogP contribution in [0.2, 0.25) is 10.0 Å². The molecule has 1 unspecified atom stereocenters. The molecule has 0 radical (unpaired) electrons. The van der Waals surface area contributed by atoms with Gasteiger partial charge in [0.05, 0.1) is 28.5 Å². The lowest BCUT2D eigenvalue weighted by atomic mass is 9.86. The van der Waals surface area contributed by atoms with Gasteiger partial charge < -0.3 is 5.11 Å². The Hall–Kier alpha value is -3.65. The summed E-state index contributed by atoms with van der Waals surface area (Å²) in [4.78, 5) is 20.5. The van der Waals surface area contributed by atoms with Crippen molar-refractivity contribution in [3.8, 4) is 11.9 Å². The number of rotatable bonds is 6. The fraction of sp³-hybridized carbons (Fsp3) is 0.200. The highest BCUT2D eigenvalue weighted by atomic mass is 35.5. The first-order valence-corrected chi connectivity index (χ1v) is 13.1. The van der Waals surface area contributed by atoms with Crippen molar-refractivity contribution >= 4 is 55.8 Å². The van der Waals surface area contributed by atoms with Gasteiger partial charge >= 0.3 is 5.97 Å². The molecule has 0 saturated carbocycles. The van der Waals surface area contributed by atoms with Crippen LogP contribution in [-0.4, -0.2) is 40.1 Å². The first kappa shape index (κ1) is 26.4. The van der Waals surface area contributed by atoms with Crippen LogP contribution in [0.25, 0.3) is 16.7 Å². The molecule has 0 spiro atoms. The molecule has 37 heavy (non-hydrogen) atoms. The van der Waals surface area contributed by atoms with Gasteiger partial charge in [0.25, 0.3) is 10.0 Å². The maximum absolute atomic E-state index is 13.9. The predicted molar refractivity (Wildman–Crippen MR) is 141 cm³/mol. The quantitative estimate of drug-likeness (QED) is 0.340. The van der Waals surface area contributed by atoms with Crippen LogP contribution in [-0.2, 0) is 14.8 Å². The van der Waals surface area contributed by atoms with E-state index in [0.717, 1.165) is 4.31 Å². The molecule has 1 atom stereocenters. The second kappa shape index (κ2) is 9.67. The van der Waals surface area contributed by atoms with E-state index in [4.69, 9.17) is 28.5 Å². The summed E-state index contributed by atoms with van der Waals surface area (Å²) in [5.41, 5.74) is 0.00902. The van der Waals surface area contributed by atoms with E-state index in [1.807, 2.05) is 6.07 Å². The molecule has 0 aliphatic rings. The minimum Gasteiger partial charge on any atom is -0.480 e. The van der Waals surface area contributed by atoms with E-state index >= 15 is 0 Å². The van der Waals surface area contributed by atoms with E-state index in [0.29, 0.717) is 16.7 Å². The van der Waals surface area contributed by atoms with Crippen molar-refractivity contribution in [3.63, 3.8) is 0 Å². The van der Waals surface area contributed by atoms with E-state index in [2.05, 4.69) is 9.97 Å². The van der Waals surface area contributed by atoms with Crippen LogP contribution >= 0.6 is 23.2 Å². The van der Waals surface area contributed by atoms with Crippen LogP contribution in [0.1, 0.15) is 26.5 Å². The van der Waals surface area contributed by atoms with Gasteiger partial charge in [-0.1, -0.05) is 44.0 Å². The van der Waals surface area contributed by atoms with E-state index in [9.17, 15) is 18.3 Å². The fourth-order valence-corrected chi connectivity index (χ4v) is 6.52. The zero-order chi connectivity index (χ0) is 27.1. The molecule has 0 fully saturated rings. The lowest BCUT2D eigenvalue weighted by Gasteiger charge is -2.37. The van der Waals surface area contributed by atoms with Gasteiger partial charge in [-0.05, 0) is 47.9 Å². The summed E-state index contributed by atoms with van der Waals surface area (Å²) in [6.07, 6.45) is 4.52. The van der Waals surface area contributed by atoms with Crippen molar-refractivity contribution < 1.29 is 18.3 Å². The molecule has 12 heteroatoms. The van der Waals surface area contributed by atoms with Crippen LogP contribution in [0.4, 0.5) is 5.69 Å². The Balaban J connectivity index is 1.91. The molecule has 4 aromatic rings. The van der Waals surface area contributed by atoms with Crippen LogP contribution in [0.15, 0.2) is 66.0 Å². The van der Waals surface area contributed by atoms with Gasteiger partial charge in [-0.2, -0.15) is 5.26 Å². The number of aliphatic carboxylic acids is 1. The Bertz CT molecular complexity index is 1640. The van der Waals surface area contributed by atoms with Crippen LogP contribution in [0, 0.1) is 16.7 Å². The third kappa shape index (κ3) is 5.11. The topological polar surface area (TPSA) is 129 Å². The Morgan fingerprint density at radius 3 is 2.30 bits per heavy atom. The number of carboxylic acid groups (broad SMARTS) is 1. The Morgan fingerprint density at radius 2 is 1.76 bits per heavy atom. The largest absolute Gasteiger partial charge is 0.480 e. The molecule has 2 heterocycles. The van der Waals surface area contributed by atoms with Gasteiger partial charge in [-0.15, -0.1) is 0 Å². The molecule has 2 aromatic carbocycles. The Labute approximate surface area is 223 Å². The van der Waals surface area contributed by atoms with Crippen LogP contribution in [0.3, 0.4) is 0 Å². The number of carboxylic acids is 1. The predicted octanol–water partition coefficient (Wildman–Crippen LogP) is 5.29. The third-order valence-electron chi connectivity index (χ3n) is 5.61.